The van der Waals surface area contributed by atoms with Gasteiger partial charge in [-0.1, -0.05) is 5.16 Å². The van der Waals surface area contributed by atoms with Crippen LogP contribution >= 0.6 is 0 Å². The fourth-order valence-corrected chi connectivity index (χ4v) is 0.754. The van der Waals surface area contributed by atoms with Gasteiger partial charge in [0.25, 0.3) is 5.91 Å². The second kappa shape index (κ2) is 4.30. The molecule has 0 saturated carbocycles. The van der Waals surface area contributed by atoms with Gasteiger partial charge in [-0.25, -0.2) is 0 Å². The summed E-state index contributed by atoms with van der Waals surface area (Å²) in [6.45, 7) is 2.13. The average Bonchev–Trinajstić information content (AvgIpc) is 2.57. The first-order chi connectivity index (χ1) is 6.25. The molecule has 0 spiro atoms. The summed E-state index contributed by atoms with van der Waals surface area (Å²) in [6.07, 6.45) is 1.43. The van der Waals surface area contributed by atoms with E-state index >= 15 is 0 Å². The van der Waals surface area contributed by atoms with Gasteiger partial charge in [-0.3, -0.25) is 4.79 Å². The van der Waals surface area contributed by atoms with Gasteiger partial charge in [-0.2, -0.15) is 0 Å². The molecule has 5 heteroatoms. The number of furan rings is 1. The lowest BCUT2D eigenvalue weighted by Gasteiger charge is -1.97. The third-order valence-corrected chi connectivity index (χ3v) is 1.27. The zero-order valence-corrected chi connectivity index (χ0v) is 7.19. The number of carbonyl (C=O) groups is 1. The summed E-state index contributed by atoms with van der Waals surface area (Å²) >= 11 is 0. The van der Waals surface area contributed by atoms with Gasteiger partial charge in [-0.05, 0) is 19.1 Å². The highest BCUT2D eigenvalue weighted by molar-refractivity contribution is 6.43. The molecular weight excluding hydrogens is 172 g/mol. The number of nitrogens with two attached hydrogens (primary N) is 1. The van der Waals surface area contributed by atoms with Crippen molar-refractivity contribution in [2.45, 2.75) is 6.92 Å². The quantitative estimate of drug-likeness (QED) is 0.544. The topological polar surface area (TPSA) is 77.8 Å². The zero-order valence-electron chi connectivity index (χ0n) is 7.19. The predicted octanol–water partition coefficient (Wildman–Crippen LogP) is 0.505. The fourth-order valence-electron chi connectivity index (χ4n) is 0.754. The van der Waals surface area contributed by atoms with Crippen molar-refractivity contribution in [3.05, 3.63) is 24.2 Å². The van der Waals surface area contributed by atoms with Crippen molar-refractivity contribution in [2.75, 3.05) is 6.61 Å². The molecule has 0 fully saturated rings. The first-order valence-corrected chi connectivity index (χ1v) is 3.79. The molecule has 0 aliphatic heterocycles. The normalized spacial score (nSPS) is 11.3. The Morgan fingerprint density at radius 3 is 3.00 bits per heavy atom. The van der Waals surface area contributed by atoms with Gasteiger partial charge < -0.3 is 15.0 Å². The Labute approximate surface area is 75.1 Å². The lowest BCUT2D eigenvalue weighted by molar-refractivity contribution is -0.112. The predicted molar refractivity (Wildman–Crippen MR) is 46.1 cm³/mol. The molecule has 1 aromatic rings. The van der Waals surface area contributed by atoms with Crippen LogP contribution in [0, 0.1) is 0 Å². The third-order valence-electron chi connectivity index (χ3n) is 1.27. The summed E-state index contributed by atoms with van der Waals surface area (Å²) in [5.74, 6) is -0.371. The molecule has 0 aromatic carbocycles. The zero-order chi connectivity index (χ0) is 9.68. The molecule has 0 aliphatic rings. The van der Waals surface area contributed by atoms with Crippen molar-refractivity contribution in [2.24, 2.45) is 10.9 Å². The minimum absolute atomic E-state index is 0.00755. The molecule has 0 unspecified atom stereocenters. The molecule has 1 rings (SSSR count). The van der Waals surface area contributed by atoms with Crippen LogP contribution in [-0.4, -0.2) is 18.2 Å². The van der Waals surface area contributed by atoms with Crippen LogP contribution in [0.25, 0.3) is 0 Å². The Hall–Kier alpha value is -1.78. The minimum atomic E-state index is -0.677. The van der Waals surface area contributed by atoms with Crippen LogP contribution in [0.4, 0.5) is 0 Å². The largest absolute Gasteiger partial charge is 0.462 e. The van der Waals surface area contributed by atoms with Crippen molar-refractivity contribution >= 4 is 11.6 Å². The van der Waals surface area contributed by atoms with Crippen molar-refractivity contribution < 1.29 is 14.0 Å². The minimum Gasteiger partial charge on any atom is -0.462 e. The Balaban J connectivity index is 2.87. The van der Waals surface area contributed by atoms with Gasteiger partial charge in [0.1, 0.15) is 6.61 Å². The monoisotopic (exact) mass is 182 g/mol. The number of primary amides is 1. The number of hydrogen-bond donors (Lipinski definition) is 1. The van der Waals surface area contributed by atoms with Crippen LogP contribution < -0.4 is 5.73 Å². The maximum atomic E-state index is 10.9. The SMILES string of the molecule is CCON=C(C(N)=O)c1ccco1. The summed E-state index contributed by atoms with van der Waals surface area (Å²) in [4.78, 5) is 15.6. The number of hydrogen-bond acceptors (Lipinski definition) is 4. The molecule has 1 heterocycles. The Bertz CT molecular complexity index is 303. The number of oxime groups is 1. The Morgan fingerprint density at radius 1 is 1.77 bits per heavy atom. The summed E-state index contributed by atoms with van der Waals surface area (Å²) in [6, 6.07) is 3.22. The van der Waals surface area contributed by atoms with E-state index in [4.69, 9.17) is 15.0 Å². The lowest BCUT2D eigenvalue weighted by Crippen LogP contribution is -2.24. The highest BCUT2D eigenvalue weighted by Crippen LogP contribution is 2.02. The average molecular weight is 182 g/mol. The van der Waals surface area contributed by atoms with Crippen LogP contribution in [0.15, 0.2) is 28.0 Å². The smallest absolute Gasteiger partial charge is 0.274 e. The summed E-state index contributed by atoms with van der Waals surface area (Å²) < 4.78 is 4.94. The molecular formula is C8H10N2O3. The second-order valence-corrected chi connectivity index (χ2v) is 2.20. The van der Waals surface area contributed by atoms with Gasteiger partial charge in [0, 0.05) is 0 Å². The van der Waals surface area contributed by atoms with E-state index in [0.717, 1.165) is 0 Å². The molecule has 2 N–H and O–H groups in total. The van der Waals surface area contributed by atoms with Crippen LogP contribution in [0.3, 0.4) is 0 Å². The fraction of sp³-hybridized carbons (Fsp3) is 0.250. The maximum Gasteiger partial charge on any atom is 0.274 e. The van der Waals surface area contributed by atoms with Gasteiger partial charge in [0.15, 0.2) is 5.76 Å². The molecule has 1 aromatic heterocycles. The molecule has 0 aliphatic carbocycles. The van der Waals surface area contributed by atoms with Gasteiger partial charge in [0.2, 0.25) is 5.71 Å². The number of rotatable bonds is 4. The molecule has 70 valence electrons. The molecule has 0 atom stereocenters. The van der Waals surface area contributed by atoms with Crippen molar-refractivity contribution in [1.82, 2.24) is 0 Å². The van der Waals surface area contributed by atoms with Crippen LogP contribution in [-0.2, 0) is 9.63 Å². The van der Waals surface area contributed by atoms with E-state index in [1.807, 2.05) is 0 Å². The van der Waals surface area contributed by atoms with Crippen molar-refractivity contribution in [3.8, 4) is 0 Å². The van der Waals surface area contributed by atoms with E-state index in [0.29, 0.717) is 12.4 Å². The highest BCUT2D eigenvalue weighted by Gasteiger charge is 2.13. The third kappa shape index (κ3) is 2.33. The van der Waals surface area contributed by atoms with E-state index in [9.17, 15) is 4.79 Å². The molecule has 0 saturated heterocycles. The summed E-state index contributed by atoms with van der Waals surface area (Å²) in [5, 5.41) is 3.53. The molecule has 1 amide bonds. The van der Waals surface area contributed by atoms with Crippen LogP contribution in [0.1, 0.15) is 12.7 Å². The number of nitrogens with zero attached hydrogens (tertiary/aromatic N) is 1. The van der Waals surface area contributed by atoms with Crippen molar-refractivity contribution in [1.29, 1.82) is 0 Å². The second-order valence-electron chi connectivity index (χ2n) is 2.20. The Morgan fingerprint density at radius 2 is 2.54 bits per heavy atom. The van der Waals surface area contributed by atoms with Crippen LogP contribution in [0.2, 0.25) is 0 Å². The lowest BCUT2D eigenvalue weighted by atomic mass is 10.3. The summed E-state index contributed by atoms with van der Waals surface area (Å²) in [5.41, 5.74) is 5.05. The van der Waals surface area contributed by atoms with E-state index in [-0.39, 0.29) is 5.71 Å². The Kier molecular flexibility index (Phi) is 3.08. The van der Waals surface area contributed by atoms with E-state index < -0.39 is 5.91 Å². The van der Waals surface area contributed by atoms with Crippen molar-refractivity contribution in [3.63, 3.8) is 0 Å². The van der Waals surface area contributed by atoms with Gasteiger partial charge in [-0.15, -0.1) is 0 Å². The molecule has 0 radical (unpaired) electrons. The first-order valence-electron chi connectivity index (χ1n) is 3.79. The van der Waals surface area contributed by atoms with E-state index in [2.05, 4.69) is 5.16 Å². The standard InChI is InChI=1S/C8H10N2O3/c1-2-13-10-7(8(9)11)6-4-3-5-12-6/h3-5H,2H2,1H3,(H2,9,11). The first kappa shape index (κ1) is 9.31. The highest BCUT2D eigenvalue weighted by atomic mass is 16.6. The van der Waals surface area contributed by atoms with Gasteiger partial charge >= 0.3 is 0 Å². The van der Waals surface area contributed by atoms with E-state index in [1.165, 1.54) is 6.26 Å². The molecule has 0 bridgehead atoms. The van der Waals surface area contributed by atoms with E-state index in [1.54, 1.807) is 19.1 Å². The van der Waals surface area contributed by atoms with Crippen LogP contribution in [0.5, 0.6) is 0 Å². The van der Waals surface area contributed by atoms with Gasteiger partial charge in [0.05, 0.1) is 6.26 Å². The summed E-state index contributed by atoms with van der Waals surface area (Å²) in [7, 11) is 0. The molecule has 5 nitrogen and oxygen atoms in total. The number of amides is 1. The maximum absolute atomic E-state index is 10.9. The molecule has 13 heavy (non-hydrogen) atoms. The number of carbonyl (C=O) groups excluding carboxylic acids is 1.